The summed E-state index contributed by atoms with van der Waals surface area (Å²) in [5.74, 6) is 3.02. The second kappa shape index (κ2) is 14.3. The number of aryl methyl sites for hydroxylation is 3. The number of hydrogen-bond donors (Lipinski definition) is 0. The Morgan fingerprint density at radius 2 is 1.36 bits per heavy atom. The van der Waals surface area contributed by atoms with E-state index in [4.69, 9.17) is 4.74 Å². The fourth-order valence-corrected chi connectivity index (χ4v) is 5.61. The number of benzene rings is 2. The third kappa shape index (κ3) is 8.69. The molecule has 1 saturated carbocycles. The zero-order valence-electron chi connectivity index (χ0n) is 21.3. The maximum absolute atomic E-state index is 5.52. The molecule has 1 nitrogen and oxygen atoms in total. The molecule has 0 amide bonds. The third-order valence-electron chi connectivity index (χ3n) is 7.70. The van der Waals surface area contributed by atoms with Crippen LogP contribution in [0.5, 0.6) is 5.75 Å². The van der Waals surface area contributed by atoms with Crippen molar-refractivity contribution < 1.29 is 4.74 Å². The number of ether oxygens (including phenoxy) is 1. The normalized spacial score (nSPS) is 18.2. The first-order valence-electron chi connectivity index (χ1n) is 13.6. The Labute approximate surface area is 203 Å². The molecule has 0 aromatic heterocycles. The van der Waals surface area contributed by atoms with Crippen molar-refractivity contribution in [3.05, 3.63) is 71.3 Å². The van der Waals surface area contributed by atoms with Crippen LogP contribution in [-0.4, -0.2) is 7.11 Å². The Kier molecular flexibility index (Phi) is 11.1. The van der Waals surface area contributed by atoms with Gasteiger partial charge in [-0.3, -0.25) is 0 Å². The molecule has 1 aliphatic carbocycles. The van der Waals surface area contributed by atoms with Gasteiger partial charge in [-0.25, -0.2) is 0 Å². The summed E-state index contributed by atoms with van der Waals surface area (Å²) in [6, 6.07) is 15.7. The average molecular weight is 447 g/mol. The molecule has 3 rings (SSSR count). The number of hydrogen-bond acceptors (Lipinski definition) is 1. The maximum atomic E-state index is 5.52. The fourth-order valence-electron chi connectivity index (χ4n) is 5.61. The van der Waals surface area contributed by atoms with E-state index in [0.29, 0.717) is 0 Å². The van der Waals surface area contributed by atoms with Crippen LogP contribution in [0, 0.1) is 11.8 Å². The van der Waals surface area contributed by atoms with Crippen molar-refractivity contribution in [3.8, 4) is 5.75 Å². The van der Waals surface area contributed by atoms with E-state index in [2.05, 4.69) is 56.0 Å². The summed E-state index contributed by atoms with van der Waals surface area (Å²) in [7, 11) is 1.78. The Balaban J connectivity index is 1.25. The predicted octanol–water partition coefficient (Wildman–Crippen LogP) is 9.22. The van der Waals surface area contributed by atoms with Crippen molar-refractivity contribution in [2.45, 2.75) is 96.8 Å². The van der Waals surface area contributed by atoms with Crippen molar-refractivity contribution >= 4 is 6.08 Å². The summed E-state index contributed by atoms with van der Waals surface area (Å²) >= 11 is 0. The molecule has 0 saturated heterocycles. The number of unbranched alkanes of at least 4 members (excludes halogenated alkanes) is 2. The zero-order valence-corrected chi connectivity index (χ0v) is 21.3. The van der Waals surface area contributed by atoms with Gasteiger partial charge in [0.1, 0.15) is 5.75 Å². The predicted molar refractivity (Wildman–Crippen MR) is 144 cm³/mol. The minimum absolute atomic E-state index is 0.983. The monoisotopic (exact) mass is 446 g/mol. The molecular formula is C32H46O. The van der Waals surface area contributed by atoms with Gasteiger partial charge in [0.2, 0.25) is 0 Å². The maximum Gasteiger partial charge on any atom is 0.122 e. The molecule has 0 bridgehead atoms. The first-order valence-corrected chi connectivity index (χ1v) is 13.6. The Hall–Kier alpha value is -2.02. The van der Waals surface area contributed by atoms with Crippen LogP contribution < -0.4 is 4.74 Å². The van der Waals surface area contributed by atoms with Gasteiger partial charge < -0.3 is 4.74 Å². The summed E-state index contributed by atoms with van der Waals surface area (Å²) in [6.45, 7) is 6.08. The van der Waals surface area contributed by atoms with Gasteiger partial charge in [0.15, 0.2) is 0 Å². The van der Waals surface area contributed by atoms with Crippen LogP contribution in [0.2, 0.25) is 0 Å². The van der Waals surface area contributed by atoms with E-state index in [1.807, 2.05) is 6.08 Å². The molecule has 0 unspecified atom stereocenters. The number of methoxy groups -OCH3 is 1. The lowest BCUT2D eigenvalue weighted by Crippen LogP contribution is -2.14. The van der Waals surface area contributed by atoms with E-state index >= 15 is 0 Å². The first-order chi connectivity index (χ1) is 16.2. The summed E-state index contributed by atoms with van der Waals surface area (Å²) in [4.78, 5) is 0. The molecule has 0 atom stereocenters. The topological polar surface area (TPSA) is 9.23 Å². The van der Waals surface area contributed by atoms with Gasteiger partial charge >= 0.3 is 0 Å². The number of rotatable bonds is 14. The van der Waals surface area contributed by atoms with Gasteiger partial charge in [-0.15, -0.1) is 0 Å². The van der Waals surface area contributed by atoms with E-state index < -0.39 is 0 Å². The second-order valence-electron chi connectivity index (χ2n) is 10.2. The molecule has 1 heteroatoms. The molecule has 0 aliphatic heterocycles. The third-order valence-corrected chi connectivity index (χ3v) is 7.70. The minimum Gasteiger partial charge on any atom is -0.496 e. The molecule has 33 heavy (non-hydrogen) atoms. The molecule has 1 aliphatic rings. The van der Waals surface area contributed by atoms with Crippen LogP contribution in [0.3, 0.4) is 0 Å². The summed E-state index contributed by atoms with van der Waals surface area (Å²) < 4.78 is 5.52. The van der Waals surface area contributed by atoms with Crippen LogP contribution >= 0.6 is 0 Å². The highest BCUT2D eigenvalue weighted by Gasteiger charge is 2.20. The highest BCUT2D eigenvalue weighted by atomic mass is 16.5. The smallest absolute Gasteiger partial charge is 0.122 e. The van der Waals surface area contributed by atoms with Gasteiger partial charge in [0.25, 0.3) is 0 Å². The fraction of sp³-hybridized carbons (Fsp3) is 0.562. The SMILES string of the molecule is C=Cc1ccc(CCCCC2CCC(CCCCc3ccc(OC)c(CCC)c3)CC2)cc1. The van der Waals surface area contributed by atoms with Crippen LogP contribution in [0.1, 0.15) is 99.8 Å². The molecule has 0 heterocycles. The quantitative estimate of drug-likeness (QED) is 0.263. The van der Waals surface area contributed by atoms with Crippen molar-refractivity contribution in [2.24, 2.45) is 11.8 Å². The van der Waals surface area contributed by atoms with Gasteiger partial charge in [0.05, 0.1) is 7.11 Å². The Morgan fingerprint density at radius 3 is 1.91 bits per heavy atom. The second-order valence-corrected chi connectivity index (χ2v) is 10.2. The Bertz CT molecular complexity index is 811. The van der Waals surface area contributed by atoms with E-state index in [0.717, 1.165) is 24.0 Å². The van der Waals surface area contributed by atoms with Crippen molar-refractivity contribution in [1.82, 2.24) is 0 Å². The summed E-state index contributed by atoms with van der Waals surface area (Å²) in [6.07, 6.45) is 20.8. The van der Waals surface area contributed by atoms with E-state index in [1.165, 1.54) is 106 Å². The van der Waals surface area contributed by atoms with Crippen LogP contribution in [0.15, 0.2) is 49.0 Å². The minimum atomic E-state index is 0.983. The van der Waals surface area contributed by atoms with Gasteiger partial charge in [-0.1, -0.05) is 114 Å². The van der Waals surface area contributed by atoms with E-state index in [9.17, 15) is 0 Å². The van der Waals surface area contributed by atoms with Crippen LogP contribution in [-0.2, 0) is 19.3 Å². The lowest BCUT2D eigenvalue weighted by atomic mass is 9.78. The molecule has 1 fully saturated rings. The lowest BCUT2D eigenvalue weighted by Gasteiger charge is -2.28. The largest absolute Gasteiger partial charge is 0.496 e. The molecule has 0 spiro atoms. The van der Waals surface area contributed by atoms with Crippen LogP contribution in [0.4, 0.5) is 0 Å². The highest BCUT2D eigenvalue weighted by Crippen LogP contribution is 2.34. The molecule has 180 valence electrons. The van der Waals surface area contributed by atoms with Gasteiger partial charge in [-0.05, 0) is 72.3 Å². The highest BCUT2D eigenvalue weighted by molar-refractivity contribution is 5.47. The standard InChI is InChI=1S/C32H46O/c1-4-10-31-25-30(23-24-32(31)33-3)14-9-8-13-29-21-19-28(20-22-29)12-7-6-11-27-17-15-26(5-2)16-18-27/h5,15-18,23-25,28-29H,2,4,6-14,19-22H2,1,3H3. The van der Waals surface area contributed by atoms with Gasteiger partial charge in [0, 0.05) is 0 Å². The van der Waals surface area contributed by atoms with Crippen LogP contribution in [0.25, 0.3) is 6.08 Å². The molecule has 0 N–H and O–H groups in total. The Morgan fingerprint density at radius 1 is 0.788 bits per heavy atom. The lowest BCUT2D eigenvalue weighted by molar-refractivity contribution is 0.245. The van der Waals surface area contributed by atoms with E-state index in [-0.39, 0.29) is 0 Å². The summed E-state index contributed by atoms with van der Waals surface area (Å²) in [5.41, 5.74) is 5.55. The average Bonchev–Trinajstić information content (AvgIpc) is 2.86. The molecular weight excluding hydrogens is 400 g/mol. The summed E-state index contributed by atoms with van der Waals surface area (Å²) in [5, 5.41) is 0. The van der Waals surface area contributed by atoms with Crippen molar-refractivity contribution in [1.29, 1.82) is 0 Å². The molecule has 2 aromatic carbocycles. The first kappa shape index (κ1) is 25.6. The molecule has 2 aromatic rings. The van der Waals surface area contributed by atoms with Gasteiger partial charge in [-0.2, -0.15) is 0 Å². The molecule has 0 radical (unpaired) electrons. The zero-order chi connectivity index (χ0) is 23.3. The van der Waals surface area contributed by atoms with Crippen molar-refractivity contribution in [3.63, 3.8) is 0 Å². The van der Waals surface area contributed by atoms with E-state index in [1.54, 1.807) is 7.11 Å². The van der Waals surface area contributed by atoms with Crippen molar-refractivity contribution in [2.75, 3.05) is 7.11 Å².